The highest BCUT2D eigenvalue weighted by Crippen LogP contribution is 2.28. The average Bonchev–Trinajstić information content (AvgIpc) is 2.90. The van der Waals surface area contributed by atoms with Crippen LogP contribution < -0.4 is 8.92 Å². The summed E-state index contributed by atoms with van der Waals surface area (Å²) in [6.45, 7) is 0. The van der Waals surface area contributed by atoms with Gasteiger partial charge in [-0.15, -0.1) is 0 Å². The van der Waals surface area contributed by atoms with Crippen molar-refractivity contribution in [2.45, 2.75) is 0 Å². The molecule has 0 bridgehead atoms. The average molecular weight is 334 g/mol. The van der Waals surface area contributed by atoms with Crippen LogP contribution in [0.5, 0.6) is 11.5 Å². The number of amidine groups is 2. The molecule has 0 saturated carbocycles. The van der Waals surface area contributed by atoms with E-state index < -0.39 is 16.0 Å². The first-order chi connectivity index (χ1) is 10.9. The van der Waals surface area contributed by atoms with Crippen LogP contribution in [0.4, 0.5) is 0 Å². The van der Waals surface area contributed by atoms with Crippen molar-refractivity contribution >= 4 is 39.7 Å². The summed E-state index contributed by atoms with van der Waals surface area (Å²) in [7, 11) is -2.24. The summed E-state index contributed by atoms with van der Waals surface area (Å²) in [5.41, 5.74) is 0.520. The number of hydrogen-bond acceptors (Lipinski definition) is 8. The summed E-state index contributed by atoms with van der Waals surface area (Å²) >= 11 is 0. The number of carbonyl (C=O) groups excluding carboxylic acids is 1. The molecule has 0 saturated heterocycles. The standard InChI is InChI=1S/C13H10N4O5S/c1-21-9-5-7(22-23(2,19)20)3-4-8(9)11-16-10-12(17-11)14-6-15-13(10)18/h3-6H,1-2H3. The minimum Gasteiger partial charge on any atom is -0.496 e. The number of nitrogens with zero attached hydrogens (tertiary/aromatic N) is 4. The van der Waals surface area contributed by atoms with E-state index in [1.807, 2.05) is 0 Å². The molecule has 0 unspecified atom stereocenters. The van der Waals surface area contributed by atoms with Crippen LogP contribution >= 0.6 is 0 Å². The minimum absolute atomic E-state index is 0.0565. The highest BCUT2D eigenvalue weighted by atomic mass is 32.2. The van der Waals surface area contributed by atoms with E-state index in [-0.39, 0.29) is 23.1 Å². The summed E-state index contributed by atoms with van der Waals surface area (Å²) in [5, 5.41) is 0. The zero-order chi connectivity index (χ0) is 16.6. The number of methoxy groups -OCH3 is 1. The second-order valence-corrected chi connectivity index (χ2v) is 6.12. The van der Waals surface area contributed by atoms with E-state index in [1.54, 1.807) is 0 Å². The Balaban J connectivity index is 2.00. The SMILES string of the molecule is COc1cc(OS(C)(=O)=O)ccc1C1=NC2=NC=NC(=O)C2=N1. The quantitative estimate of drug-likeness (QED) is 0.729. The Kier molecular flexibility index (Phi) is 3.52. The normalized spacial score (nSPS) is 16.4. The Bertz CT molecular complexity index is 928. The van der Waals surface area contributed by atoms with E-state index in [4.69, 9.17) is 8.92 Å². The molecule has 0 radical (unpaired) electrons. The van der Waals surface area contributed by atoms with Crippen LogP contribution in [0.1, 0.15) is 5.56 Å². The van der Waals surface area contributed by atoms with Gasteiger partial charge in [0.1, 0.15) is 17.8 Å². The maximum Gasteiger partial charge on any atom is 0.306 e. The number of benzene rings is 1. The third-order valence-corrected chi connectivity index (χ3v) is 3.36. The fraction of sp³-hybridized carbons (Fsp3) is 0.154. The van der Waals surface area contributed by atoms with Gasteiger partial charge in [-0.25, -0.2) is 15.0 Å². The molecule has 0 aromatic heterocycles. The minimum atomic E-state index is -3.65. The molecule has 0 aliphatic carbocycles. The number of rotatable bonds is 4. The zero-order valence-electron chi connectivity index (χ0n) is 12.0. The molecule has 1 aromatic rings. The Morgan fingerprint density at radius 2 is 1.91 bits per heavy atom. The maximum atomic E-state index is 11.6. The van der Waals surface area contributed by atoms with E-state index in [2.05, 4.69) is 20.0 Å². The van der Waals surface area contributed by atoms with Gasteiger partial charge in [-0.05, 0) is 12.1 Å². The molecule has 0 N–H and O–H groups in total. The fourth-order valence-electron chi connectivity index (χ4n) is 1.97. The van der Waals surface area contributed by atoms with Crippen LogP contribution in [0.2, 0.25) is 0 Å². The van der Waals surface area contributed by atoms with Gasteiger partial charge in [-0.3, -0.25) is 4.79 Å². The molecule has 118 valence electrons. The molecule has 0 atom stereocenters. The molecule has 9 nitrogen and oxygen atoms in total. The first-order valence-electron chi connectivity index (χ1n) is 6.27. The molecule has 1 amide bonds. The molecular formula is C13H10N4O5S. The van der Waals surface area contributed by atoms with Gasteiger partial charge in [-0.2, -0.15) is 13.4 Å². The summed E-state index contributed by atoms with van der Waals surface area (Å²) in [5.74, 6) is 0.263. The number of ether oxygens (including phenoxy) is 1. The summed E-state index contributed by atoms with van der Waals surface area (Å²) in [4.78, 5) is 27.3. The third-order valence-electron chi connectivity index (χ3n) is 2.86. The molecule has 2 aliphatic rings. The smallest absolute Gasteiger partial charge is 0.306 e. The zero-order valence-corrected chi connectivity index (χ0v) is 12.9. The first kappa shape index (κ1) is 15.0. The van der Waals surface area contributed by atoms with Crippen molar-refractivity contribution in [2.75, 3.05) is 13.4 Å². The van der Waals surface area contributed by atoms with Gasteiger partial charge in [0.15, 0.2) is 17.4 Å². The van der Waals surface area contributed by atoms with Crippen molar-refractivity contribution in [2.24, 2.45) is 20.0 Å². The monoisotopic (exact) mass is 334 g/mol. The van der Waals surface area contributed by atoms with E-state index >= 15 is 0 Å². The van der Waals surface area contributed by atoms with Crippen LogP contribution in [0.15, 0.2) is 38.2 Å². The van der Waals surface area contributed by atoms with Crippen molar-refractivity contribution in [3.05, 3.63) is 23.8 Å². The summed E-state index contributed by atoms with van der Waals surface area (Å²) in [6.07, 6.45) is 2.05. The number of carbonyl (C=O) groups is 1. The van der Waals surface area contributed by atoms with Gasteiger partial charge in [-0.1, -0.05) is 0 Å². The molecule has 23 heavy (non-hydrogen) atoms. The predicted molar refractivity (Wildman–Crippen MR) is 83.4 cm³/mol. The Labute approximate surface area is 131 Å². The van der Waals surface area contributed by atoms with Gasteiger partial charge < -0.3 is 8.92 Å². The van der Waals surface area contributed by atoms with Crippen molar-refractivity contribution in [3.63, 3.8) is 0 Å². The molecule has 2 aliphatic heterocycles. The van der Waals surface area contributed by atoms with Crippen molar-refractivity contribution < 1.29 is 22.1 Å². The lowest BCUT2D eigenvalue weighted by atomic mass is 10.1. The Morgan fingerprint density at radius 3 is 2.57 bits per heavy atom. The van der Waals surface area contributed by atoms with Crippen LogP contribution in [0, 0.1) is 0 Å². The number of hydrogen-bond donors (Lipinski definition) is 0. The summed E-state index contributed by atoms with van der Waals surface area (Å²) < 4.78 is 32.3. The molecule has 10 heteroatoms. The third kappa shape index (κ3) is 3.01. The maximum absolute atomic E-state index is 11.6. The Hall–Kier alpha value is -2.88. The van der Waals surface area contributed by atoms with Crippen LogP contribution in [0.3, 0.4) is 0 Å². The van der Waals surface area contributed by atoms with Gasteiger partial charge in [0.25, 0.3) is 0 Å². The second kappa shape index (κ2) is 5.39. The van der Waals surface area contributed by atoms with Gasteiger partial charge >= 0.3 is 16.0 Å². The van der Waals surface area contributed by atoms with E-state index in [0.29, 0.717) is 11.3 Å². The highest BCUT2D eigenvalue weighted by Gasteiger charge is 2.28. The van der Waals surface area contributed by atoms with E-state index in [1.165, 1.54) is 25.3 Å². The Morgan fingerprint density at radius 1 is 1.13 bits per heavy atom. The summed E-state index contributed by atoms with van der Waals surface area (Å²) in [6, 6.07) is 4.36. The van der Waals surface area contributed by atoms with Gasteiger partial charge in [0.2, 0.25) is 0 Å². The molecule has 2 heterocycles. The predicted octanol–water partition coefficient (Wildman–Crippen LogP) is 0.202. The topological polar surface area (TPSA) is 119 Å². The van der Waals surface area contributed by atoms with E-state index in [9.17, 15) is 13.2 Å². The van der Waals surface area contributed by atoms with Crippen molar-refractivity contribution in [1.82, 2.24) is 0 Å². The molecule has 1 aromatic carbocycles. The number of aliphatic imine (C=N–C) groups is 4. The molecule has 0 fully saturated rings. The van der Waals surface area contributed by atoms with Crippen LogP contribution in [-0.2, 0) is 14.9 Å². The van der Waals surface area contributed by atoms with Gasteiger partial charge in [0.05, 0.1) is 18.9 Å². The highest BCUT2D eigenvalue weighted by molar-refractivity contribution is 7.86. The molecule has 3 rings (SSSR count). The first-order valence-corrected chi connectivity index (χ1v) is 8.09. The lowest BCUT2D eigenvalue weighted by Crippen LogP contribution is -2.21. The lowest BCUT2D eigenvalue weighted by Gasteiger charge is -2.09. The second-order valence-electron chi connectivity index (χ2n) is 4.55. The molecule has 0 spiro atoms. The molecular weight excluding hydrogens is 324 g/mol. The fourth-order valence-corrected chi connectivity index (χ4v) is 2.42. The van der Waals surface area contributed by atoms with Crippen molar-refractivity contribution in [3.8, 4) is 11.5 Å². The van der Waals surface area contributed by atoms with Crippen LogP contribution in [-0.4, -0.2) is 51.4 Å². The van der Waals surface area contributed by atoms with E-state index in [0.717, 1.165) is 12.6 Å². The largest absolute Gasteiger partial charge is 0.496 e. The van der Waals surface area contributed by atoms with Crippen molar-refractivity contribution in [1.29, 1.82) is 0 Å². The number of fused-ring (bicyclic) bond motifs is 1. The number of amides is 1. The van der Waals surface area contributed by atoms with Gasteiger partial charge in [0, 0.05) is 6.07 Å². The lowest BCUT2D eigenvalue weighted by molar-refractivity contribution is -0.111. The van der Waals surface area contributed by atoms with Crippen LogP contribution in [0.25, 0.3) is 0 Å².